The van der Waals surface area contributed by atoms with Crippen molar-refractivity contribution in [2.24, 2.45) is 0 Å². The van der Waals surface area contributed by atoms with E-state index in [-0.39, 0.29) is 24.9 Å². The molecule has 0 saturated heterocycles. The average molecular weight is 892 g/mol. The van der Waals surface area contributed by atoms with Gasteiger partial charge < -0.3 is 20.3 Å². The first-order chi connectivity index (χ1) is 31.5. The topological polar surface area (TPSA) is 95.9 Å². The number of carbonyl (C=O) groups is 2. The number of esters is 1. The number of ether oxygens (including phenoxy) is 1. The van der Waals surface area contributed by atoms with E-state index in [4.69, 9.17) is 4.74 Å². The van der Waals surface area contributed by atoms with Gasteiger partial charge in [0.2, 0.25) is 5.91 Å². The smallest absolute Gasteiger partial charge is 0.306 e. The Labute approximate surface area is 395 Å². The number of allylic oxidation sites excluding steroid dienone is 14. The number of rotatable bonds is 47. The highest BCUT2D eigenvalue weighted by atomic mass is 16.5. The lowest BCUT2D eigenvalue weighted by Crippen LogP contribution is -2.46. The quantitative estimate of drug-likeness (QED) is 0.0321. The molecule has 0 aliphatic heterocycles. The van der Waals surface area contributed by atoms with Crippen LogP contribution in [0.3, 0.4) is 0 Å². The van der Waals surface area contributed by atoms with Crippen molar-refractivity contribution in [3.63, 3.8) is 0 Å². The summed E-state index contributed by atoms with van der Waals surface area (Å²) in [6.45, 7) is 6.33. The summed E-state index contributed by atoms with van der Waals surface area (Å²) in [6.07, 6.45) is 66.4. The molecule has 0 spiro atoms. The molecular weight excluding hydrogens is 791 g/mol. The van der Waals surface area contributed by atoms with E-state index in [1.807, 2.05) is 0 Å². The maximum Gasteiger partial charge on any atom is 0.306 e. The van der Waals surface area contributed by atoms with Crippen LogP contribution in [-0.4, -0.2) is 46.9 Å². The first kappa shape index (κ1) is 61.0. The van der Waals surface area contributed by atoms with Crippen molar-refractivity contribution < 1.29 is 24.5 Å². The van der Waals surface area contributed by atoms with Gasteiger partial charge in [0, 0.05) is 6.42 Å². The summed E-state index contributed by atoms with van der Waals surface area (Å²) in [6, 6.07) is -0.720. The molecule has 0 saturated carbocycles. The van der Waals surface area contributed by atoms with Crippen molar-refractivity contribution in [2.75, 3.05) is 6.61 Å². The minimum atomic E-state index is -0.803. The Morgan fingerprint density at radius 2 is 0.844 bits per heavy atom. The van der Waals surface area contributed by atoms with Crippen LogP contribution in [0.4, 0.5) is 0 Å². The van der Waals surface area contributed by atoms with Crippen molar-refractivity contribution in [1.29, 1.82) is 0 Å². The summed E-state index contributed by atoms with van der Waals surface area (Å²) >= 11 is 0. The van der Waals surface area contributed by atoms with E-state index in [1.54, 1.807) is 0 Å². The van der Waals surface area contributed by atoms with Gasteiger partial charge in [-0.3, -0.25) is 9.59 Å². The van der Waals surface area contributed by atoms with Crippen LogP contribution in [0.5, 0.6) is 0 Å². The number of nitrogens with one attached hydrogen (secondary N) is 1. The van der Waals surface area contributed by atoms with Crippen molar-refractivity contribution in [3.05, 3.63) is 85.1 Å². The number of hydrogen-bond acceptors (Lipinski definition) is 5. The zero-order chi connectivity index (χ0) is 46.7. The molecule has 1 amide bonds. The summed E-state index contributed by atoms with van der Waals surface area (Å²) in [4.78, 5) is 26.2. The molecule has 3 atom stereocenters. The molecule has 6 heteroatoms. The van der Waals surface area contributed by atoms with E-state index in [9.17, 15) is 19.8 Å². The molecule has 0 heterocycles. The largest absolute Gasteiger partial charge is 0.462 e. The lowest BCUT2D eigenvalue weighted by Gasteiger charge is -2.24. The van der Waals surface area contributed by atoms with E-state index >= 15 is 0 Å². The maximum atomic E-state index is 13.2. The summed E-state index contributed by atoms with van der Waals surface area (Å²) < 4.78 is 5.92. The third-order valence-corrected chi connectivity index (χ3v) is 11.7. The Bertz CT molecular complexity index is 1230. The second-order valence-electron chi connectivity index (χ2n) is 17.9. The molecule has 3 N–H and O–H groups in total. The number of aliphatic hydroxyl groups excluding tert-OH is 2. The average Bonchev–Trinajstić information content (AvgIpc) is 3.29. The van der Waals surface area contributed by atoms with Crippen LogP contribution >= 0.6 is 0 Å². The number of amides is 1. The lowest BCUT2D eigenvalue weighted by molar-refractivity contribution is -0.151. The predicted octanol–water partition coefficient (Wildman–Crippen LogP) is 16.3. The van der Waals surface area contributed by atoms with E-state index in [2.05, 4.69) is 111 Å². The highest BCUT2D eigenvalue weighted by molar-refractivity contribution is 5.77. The van der Waals surface area contributed by atoms with Crippen molar-refractivity contribution in [2.45, 2.75) is 264 Å². The van der Waals surface area contributed by atoms with Crippen LogP contribution in [0.25, 0.3) is 0 Å². The Hall–Kier alpha value is -2.96. The molecule has 3 unspecified atom stereocenters. The Morgan fingerprint density at radius 3 is 1.31 bits per heavy atom. The van der Waals surface area contributed by atoms with Gasteiger partial charge in [0.05, 0.1) is 25.2 Å². The van der Waals surface area contributed by atoms with Crippen molar-refractivity contribution >= 4 is 11.9 Å². The van der Waals surface area contributed by atoms with Crippen LogP contribution in [0.2, 0.25) is 0 Å². The highest BCUT2D eigenvalue weighted by Gasteiger charge is 2.24. The zero-order valence-electron chi connectivity index (χ0n) is 41.9. The van der Waals surface area contributed by atoms with Crippen molar-refractivity contribution in [1.82, 2.24) is 5.32 Å². The van der Waals surface area contributed by atoms with Gasteiger partial charge in [-0.1, -0.05) is 215 Å². The van der Waals surface area contributed by atoms with Gasteiger partial charge in [0.25, 0.3) is 0 Å². The third-order valence-electron chi connectivity index (χ3n) is 11.7. The summed E-state index contributed by atoms with van der Waals surface area (Å²) in [5.74, 6) is -0.535. The fourth-order valence-corrected chi connectivity index (χ4v) is 7.66. The Morgan fingerprint density at radius 1 is 0.469 bits per heavy atom. The van der Waals surface area contributed by atoms with Gasteiger partial charge >= 0.3 is 5.97 Å². The lowest BCUT2D eigenvalue weighted by atomic mass is 10.0. The summed E-state index contributed by atoms with van der Waals surface area (Å²) in [5.41, 5.74) is 0. The summed E-state index contributed by atoms with van der Waals surface area (Å²) in [5, 5.41) is 23.8. The van der Waals surface area contributed by atoms with Crippen LogP contribution < -0.4 is 5.32 Å². The maximum absolute atomic E-state index is 13.2. The molecule has 0 aliphatic carbocycles. The van der Waals surface area contributed by atoms with Gasteiger partial charge in [-0.25, -0.2) is 0 Å². The zero-order valence-corrected chi connectivity index (χ0v) is 41.9. The molecule has 0 fully saturated rings. The molecule has 6 nitrogen and oxygen atoms in total. The fourth-order valence-electron chi connectivity index (χ4n) is 7.66. The van der Waals surface area contributed by atoms with E-state index in [0.29, 0.717) is 19.3 Å². The normalized spacial score (nSPS) is 13.9. The van der Waals surface area contributed by atoms with Crippen LogP contribution in [-0.2, 0) is 14.3 Å². The van der Waals surface area contributed by atoms with Gasteiger partial charge in [0.1, 0.15) is 6.10 Å². The van der Waals surface area contributed by atoms with E-state index in [0.717, 1.165) is 116 Å². The van der Waals surface area contributed by atoms with Gasteiger partial charge in [-0.15, -0.1) is 0 Å². The molecule has 0 aliphatic rings. The molecule has 64 heavy (non-hydrogen) atoms. The van der Waals surface area contributed by atoms with E-state index in [1.165, 1.54) is 83.5 Å². The molecule has 0 radical (unpaired) electrons. The predicted molar refractivity (Wildman–Crippen MR) is 278 cm³/mol. The number of aliphatic hydroxyl groups is 2. The van der Waals surface area contributed by atoms with Crippen LogP contribution in [0.1, 0.15) is 245 Å². The van der Waals surface area contributed by atoms with Gasteiger partial charge in [0.15, 0.2) is 0 Å². The summed E-state index contributed by atoms with van der Waals surface area (Å²) in [7, 11) is 0. The fraction of sp³-hybridized carbons (Fsp3) is 0.724. The molecule has 0 aromatic heterocycles. The van der Waals surface area contributed by atoms with Gasteiger partial charge in [-0.2, -0.15) is 0 Å². The van der Waals surface area contributed by atoms with Crippen LogP contribution in [0.15, 0.2) is 85.1 Å². The first-order valence-corrected chi connectivity index (χ1v) is 26.8. The minimum absolute atomic E-state index is 0.0458. The first-order valence-electron chi connectivity index (χ1n) is 26.8. The molecule has 0 aromatic carbocycles. The molecule has 0 aromatic rings. The standard InChI is InChI=1S/C58H101NO5/c1-4-7-10-13-16-19-22-25-27-28-29-30-31-33-36-39-42-45-48-51-58(63)64-54(49-46-43-40-37-34-32-26-23-20-17-14-11-8-5-2)52-57(62)59-55(53-60)56(61)50-47-44-41-38-35-24-21-18-15-12-9-6-3/h8,11,16-17,19-20,25-27,29-30,32-33,36,54-56,60-61H,4-7,9-10,12-15,18,21-24,28,31,34-35,37-53H2,1-3H3,(H,59,62)/b11-8+,19-16-,20-17+,27-25-,30-29-,32-26+,36-33-. The SMILES string of the molecule is CC/C=C/C/C=C/C/C=C/CCCCCCC(CC(=O)NC(CO)C(O)CCCCCCCCCCCCCC)OC(=O)CCCCC/C=C\C/C=C\C/C=C\C/C=C\CCCCC. The molecule has 0 rings (SSSR count). The Balaban J connectivity index is 4.67. The molecular formula is C58H101NO5. The minimum Gasteiger partial charge on any atom is -0.462 e. The molecule has 0 bridgehead atoms. The third kappa shape index (κ3) is 45.6. The van der Waals surface area contributed by atoms with E-state index < -0.39 is 18.2 Å². The number of unbranched alkanes of at least 4 members (excludes halogenated alkanes) is 21. The molecule has 368 valence electrons. The Kier molecular flexibility index (Phi) is 48.7. The number of carbonyl (C=O) groups excluding carboxylic acids is 2. The van der Waals surface area contributed by atoms with Gasteiger partial charge in [-0.05, 0) is 103 Å². The van der Waals surface area contributed by atoms with Crippen LogP contribution in [0, 0.1) is 0 Å². The monoisotopic (exact) mass is 892 g/mol. The number of hydrogen-bond donors (Lipinski definition) is 3. The second-order valence-corrected chi connectivity index (χ2v) is 17.9. The second kappa shape index (κ2) is 51.0. The van der Waals surface area contributed by atoms with Crippen molar-refractivity contribution in [3.8, 4) is 0 Å². The highest BCUT2D eigenvalue weighted by Crippen LogP contribution is 2.17.